The number of anilines is 1. The van der Waals surface area contributed by atoms with Gasteiger partial charge in [0.1, 0.15) is 40.1 Å². The number of pyridine rings is 1. The first-order valence-corrected chi connectivity index (χ1v) is 13.8. The molecular formula is C26H32FN7O6S. The van der Waals surface area contributed by atoms with Gasteiger partial charge in [0.05, 0.1) is 27.5 Å². The van der Waals surface area contributed by atoms with E-state index < -0.39 is 27.2 Å². The van der Waals surface area contributed by atoms with Crippen LogP contribution in [0, 0.1) is 0 Å². The standard InChI is InChI=1S/C26H32FN7O6S/c1-8-40-23(24(28-4)29-15-16(2)27)17(3)41(35,36)33-26-32-31-25(18-11-9-14-21(30-18)39-7)34(26)22-19(37-5)12-10-13-20(22)38-6/h9-15,17,23H,4,8H2,1-3,5-7H3,(H,32,33)/b16-15+,29-24-/t17-,23-/m0/s1. The zero-order chi connectivity index (χ0) is 30.2. The van der Waals surface area contributed by atoms with Gasteiger partial charge in [-0.25, -0.2) is 27.8 Å². The number of benzene rings is 1. The van der Waals surface area contributed by atoms with Crippen molar-refractivity contribution in [2.45, 2.75) is 32.1 Å². The molecule has 3 aromatic rings. The average molecular weight is 590 g/mol. The predicted molar refractivity (Wildman–Crippen MR) is 154 cm³/mol. The molecule has 220 valence electrons. The summed E-state index contributed by atoms with van der Waals surface area (Å²) in [5.41, 5.74) is 0.640. The van der Waals surface area contributed by atoms with E-state index in [1.807, 2.05) is 0 Å². The van der Waals surface area contributed by atoms with Crippen LogP contribution in [0.2, 0.25) is 0 Å². The molecule has 2 heterocycles. The molecule has 0 aliphatic carbocycles. The van der Waals surface area contributed by atoms with Gasteiger partial charge >= 0.3 is 0 Å². The van der Waals surface area contributed by atoms with Crippen LogP contribution in [-0.2, 0) is 14.8 Å². The van der Waals surface area contributed by atoms with Gasteiger partial charge in [-0.3, -0.25) is 9.29 Å². The molecule has 0 amide bonds. The Bertz CT molecular complexity index is 1510. The van der Waals surface area contributed by atoms with E-state index in [2.05, 4.69) is 36.6 Å². The van der Waals surface area contributed by atoms with Crippen molar-refractivity contribution in [3.8, 4) is 34.6 Å². The minimum Gasteiger partial charge on any atom is -0.494 e. The van der Waals surface area contributed by atoms with Gasteiger partial charge in [0.25, 0.3) is 0 Å². The molecule has 15 heteroatoms. The number of aromatic nitrogens is 4. The summed E-state index contributed by atoms with van der Waals surface area (Å²) in [7, 11) is 0.100. The zero-order valence-electron chi connectivity index (χ0n) is 23.5. The van der Waals surface area contributed by atoms with Crippen LogP contribution in [0.25, 0.3) is 17.2 Å². The Morgan fingerprint density at radius 1 is 1.12 bits per heavy atom. The van der Waals surface area contributed by atoms with E-state index in [9.17, 15) is 12.8 Å². The highest BCUT2D eigenvalue weighted by Gasteiger charge is 2.36. The number of rotatable bonds is 13. The number of para-hydroxylation sites is 1. The molecule has 0 saturated heterocycles. The molecule has 0 spiro atoms. The summed E-state index contributed by atoms with van der Waals surface area (Å²) in [6, 6.07) is 10.1. The number of nitrogens with one attached hydrogen (secondary N) is 1. The van der Waals surface area contributed by atoms with Gasteiger partial charge in [-0.05, 0) is 45.7 Å². The van der Waals surface area contributed by atoms with Gasteiger partial charge in [-0.2, -0.15) is 0 Å². The normalized spacial score (nSPS) is 13.8. The molecule has 0 aliphatic rings. The fourth-order valence-electron chi connectivity index (χ4n) is 3.77. The second kappa shape index (κ2) is 13.8. The predicted octanol–water partition coefficient (Wildman–Crippen LogP) is 3.82. The highest BCUT2D eigenvalue weighted by molar-refractivity contribution is 7.93. The van der Waals surface area contributed by atoms with E-state index in [0.717, 1.165) is 6.20 Å². The summed E-state index contributed by atoms with van der Waals surface area (Å²) in [5.74, 6) is 0.237. The number of methoxy groups -OCH3 is 3. The maximum absolute atomic E-state index is 13.7. The van der Waals surface area contributed by atoms with Crippen molar-refractivity contribution in [1.82, 2.24) is 19.7 Å². The fraction of sp³-hybridized carbons (Fsp3) is 0.346. The van der Waals surface area contributed by atoms with Crippen LogP contribution in [0.5, 0.6) is 17.4 Å². The summed E-state index contributed by atoms with van der Waals surface area (Å²) < 4.78 is 66.8. The van der Waals surface area contributed by atoms with Crippen LogP contribution >= 0.6 is 0 Å². The average Bonchev–Trinajstić information content (AvgIpc) is 3.37. The van der Waals surface area contributed by atoms with Gasteiger partial charge in [0.15, 0.2) is 11.7 Å². The van der Waals surface area contributed by atoms with Crippen LogP contribution in [0.4, 0.5) is 10.3 Å². The minimum absolute atomic E-state index is 0.115. The number of hydrogen-bond donors (Lipinski definition) is 1. The van der Waals surface area contributed by atoms with Crippen molar-refractivity contribution in [3.05, 3.63) is 48.4 Å². The molecule has 13 nitrogen and oxygen atoms in total. The number of sulfonamides is 1. The molecule has 0 aliphatic heterocycles. The third-order valence-electron chi connectivity index (χ3n) is 5.74. The largest absolute Gasteiger partial charge is 0.494 e. The molecule has 0 unspecified atom stereocenters. The molecule has 0 saturated carbocycles. The summed E-state index contributed by atoms with van der Waals surface area (Å²) in [6.45, 7) is 7.82. The number of aliphatic imine (C=N–C) groups is 2. The lowest BCUT2D eigenvalue weighted by Crippen LogP contribution is -2.42. The molecule has 1 N–H and O–H groups in total. The van der Waals surface area contributed by atoms with E-state index in [0.29, 0.717) is 28.8 Å². The Balaban J connectivity index is 2.21. The van der Waals surface area contributed by atoms with Crippen molar-refractivity contribution >= 4 is 28.5 Å². The van der Waals surface area contributed by atoms with Crippen molar-refractivity contribution < 1.29 is 31.8 Å². The lowest BCUT2D eigenvalue weighted by Gasteiger charge is -2.24. The maximum Gasteiger partial charge on any atom is 0.243 e. The molecule has 1 aromatic carbocycles. The van der Waals surface area contributed by atoms with Crippen LogP contribution in [0.3, 0.4) is 0 Å². The van der Waals surface area contributed by atoms with Gasteiger partial charge in [-0.1, -0.05) is 12.1 Å². The van der Waals surface area contributed by atoms with Crippen molar-refractivity contribution in [1.29, 1.82) is 0 Å². The number of allylic oxidation sites excluding steroid dienone is 1. The molecule has 0 bridgehead atoms. The summed E-state index contributed by atoms with van der Waals surface area (Å²) in [4.78, 5) is 12.1. The van der Waals surface area contributed by atoms with Crippen LogP contribution in [0.1, 0.15) is 20.8 Å². The molecule has 41 heavy (non-hydrogen) atoms. The van der Waals surface area contributed by atoms with Crippen LogP contribution < -0.4 is 18.9 Å². The second-order valence-electron chi connectivity index (χ2n) is 8.35. The minimum atomic E-state index is -4.29. The first-order chi connectivity index (χ1) is 19.6. The topological polar surface area (TPSA) is 151 Å². The smallest absolute Gasteiger partial charge is 0.243 e. The lowest BCUT2D eigenvalue weighted by atomic mass is 10.2. The quantitative estimate of drug-likeness (QED) is 0.232. The van der Waals surface area contributed by atoms with Gasteiger partial charge in [0, 0.05) is 12.7 Å². The third kappa shape index (κ3) is 7.05. The van der Waals surface area contributed by atoms with E-state index >= 15 is 0 Å². The molecular weight excluding hydrogens is 557 g/mol. The first kappa shape index (κ1) is 31.2. The van der Waals surface area contributed by atoms with Crippen LogP contribution in [-0.4, -0.2) is 80.0 Å². The second-order valence-corrected chi connectivity index (χ2v) is 10.4. The highest BCUT2D eigenvalue weighted by atomic mass is 32.2. The van der Waals surface area contributed by atoms with Crippen molar-refractivity contribution in [2.24, 2.45) is 9.98 Å². The van der Waals surface area contributed by atoms with Gasteiger partial charge in [-0.15, -0.1) is 10.2 Å². The third-order valence-corrected chi connectivity index (χ3v) is 7.43. The van der Waals surface area contributed by atoms with Crippen molar-refractivity contribution in [3.63, 3.8) is 0 Å². The number of amidine groups is 1. The Kier molecular flexibility index (Phi) is 10.5. The summed E-state index contributed by atoms with van der Waals surface area (Å²) in [6.07, 6.45) is -0.289. The molecule has 2 aromatic heterocycles. The number of hydrogen-bond acceptors (Lipinski definition) is 10. The van der Waals surface area contributed by atoms with Crippen molar-refractivity contribution in [2.75, 3.05) is 32.7 Å². The zero-order valence-corrected chi connectivity index (χ0v) is 24.3. The lowest BCUT2D eigenvalue weighted by molar-refractivity contribution is 0.108. The van der Waals surface area contributed by atoms with Gasteiger partial charge in [0.2, 0.25) is 21.9 Å². The maximum atomic E-state index is 13.7. The Morgan fingerprint density at radius 3 is 2.34 bits per heavy atom. The number of halogens is 1. The monoisotopic (exact) mass is 589 g/mol. The number of ether oxygens (including phenoxy) is 4. The van der Waals surface area contributed by atoms with E-state index in [4.69, 9.17) is 18.9 Å². The number of nitrogens with zero attached hydrogens (tertiary/aromatic N) is 6. The first-order valence-electron chi connectivity index (χ1n) is 12.3. The van der Waals surface area contributed by atoms with Crippen LogP contribution in [0.15, 0.2) is 58.4 Å². The fourth-order valence-corrected chi connectivity index (χ4v) is 4.87. The van der Waals surface area contributed by atoms with E-state index in [1.54, 1.807) is 43.3 Å². The molecule has 3 rings (SSSR count). The van der Waals surface area contributed by atoms with E-state index in [1.165, 1.54) is 39.7 Å². The summed E-state index contributed by atoms with van der Waals surface area (Å²) >= 11 is 0. The molecule has 2 atom stereocenters. The SMILES string of the molecule is C=N/C(=N\C=C(/C)F)[C@@H](OCC)[C@H](C)S(=O)(=O)Nc1nnc(-c2cccc(OC)n2)n1-c1c(OC)cccc1OC. The summed E-state index contributed by atoms with van der Waals surface area (Å²) in [5, 5.41) is 7.09. The van der Waals surface area contributed by atoms with Gasteiger partial charge < -0.3 is 18.9 Å². The Morgan fingerprint density at radius 2 is 1.78 bits per heavy atom. The molecule has 0 fully saturated rings. The Hall–Kier alpha value is -4.37. The molecule has 0 radical (unpaired) electrons. The van der Waals surface area contributed by atoms with E-state index in [-0.39, 0.29) is 24.2 Å². The Labute approximate surface area is 237 Å². The highest BCUT2D eigenvalue weighted by Crippen LogP contribution is 2.37.